The van der Waals surface area contributed by atoms with Crippen LogP contribution in [0, 0.1) is 0 Å². The Bertz CT molecular complexity index is 908. The van der Waals surface area contributed by atoms with E-state index in [0.29, 0.717) is 23.7 Å². The van der Waals surface area contributed by atoms with E-state index in [1.807, 2.05) is 6.92 Å². The van der Waals surface area contributed by atoms with Gasteiger partial charge in [-0.15, -0.1) is 0 Å². The molecule has 1 aliphatic rings. The zero-order chi connectivity index (χ0) is 19.2. The molecule has 3 rings (SSSR count). The van der Waals surface area contributed by atoms with E-state index in [1.165, 1.54) is 16.8 Å². The number of nitrogens with one attached hydrogen (secondary N) is 1. The van der Waals surface area contributed by atoms with Crippen LogP contribution < -0.4 is 20.3 Å². The van der Waals surface area contributed by atoms with E-state index in [-0.39, 0.29) is 18.0 Å². The number of carbonyl (C=O) groups excluding carboxylic acids is 2. The van der Waals surface area contributed by atoms with Gasteiger partial charge in [-0.1, -0.05) is 13.3 Å². The fraction of sp³-hybridized carbons (Fsp3) is 0.333. The molecule has 0 saturated heterocycles. The summed E-state index contributed by atoms with van der Waals surface area (Å²) in [6.45, 7) is 2.06. The highest BCUT2D eigenvalue weighted by molar-refractivity contribution is 5.95. The van der Waals surface area contributed by atoms with Crippen molar-refractivity contribution < 1.29 is 23.8 Å². The second-order valence-electron chi connectivity index (χ2n) is 5.83. The van der Waals surface area contributed by atoms with Gasteiger partial charge < -0.3 is 19.5 Å². The Morgan fingerprint density at radius 3 is 2.85 bits per heavy atom. The quantitative estimate of drug-likeness (QED) is 0.734. The molecule has 0 saturated carbocycles. The van der Waals surface area contributed by atoms with Crippen LogP contribution in [-0.4, -0.2) is 35.1 Å². The van der Waals surface area contributed by atoms with E-state index in [1.54, 1.807) is 18.2 Å². The lowest BCUT2D eigenvalue weighted by molar-refractivity contribution is -0.119. The van der Waals surface area contributed by atoms with Gasteiger partial charge in [-0.2, -0.15) is 5.10 Å². The van der Waals surface area contributed by atoms with E-state index in [2.05, 4.69) is 10.4 Å². The number of ether oxygens (including phenoxy) is 3. The van der Waals surface area contributed by atoms with Crippen LogP contribution >= 0.6 is 0 Å². The molecule has 1 aromatic heterocycles. The van der Waals surface area contributed by atoms with E-state index < -0.39 is 18.5 Å². The minimum Gasteiger partial charge on any atom is -0.454 e. The summed E-state index contributed by atoms with van der Waals surface area (Å²) < 4.78 is 16.6. The number of esters is 1. The number of anilines is 1. The summed E-state index contributed by atoms with van der Waals surface area (Å²) in [4.78, 5) is 35.8. The van der Waals surface area contributed by atoms with Crippen molar-refractivity contribution >= 4 is 17.6 Å². The normalized spacial score (nSPS) is 11.9. The van der Waals surface area contributed by atoms with Crippen molar-refractivity contribution in [2.75, 3.05) is 18.7 Å². The number of aromatic nitrogens is 2. The number of rotatable bonds is 7. The van der Waals surface area contributed by atoms with Gasteiger partial charge in [0.25, 0.3) is 11.5 Å². The largest absolute Gasteiger partial charge is 0.454 e. The first-order valence-corrected chi connectivity index (χ1v) is 8.51. The Hall–Kier alpha value is -3.36. The van der Waals surface area contributed by atoms with Gasteiger partial charge in [-0.3, -0.25) is 9.59 Å². The third kappa shape index (κ3) is 4.63. The number of benzene rings is 1. The van der Waals surface area contributed by atoms with E-state index in [0.717, 1.165) is 12.8 Å². The van der Waals surface area contributed by atoms with Crippen molar-refractivity contribution in [3.05, 3.63) is 46.4 Å². The van der Waals surface area contributed by atoms with E-state index >= 15 is 0 Å². The molecule has 1 N–H and O–H groups in total. The second-order valence-corrected chi connectivity index (χ2v) is 5.83. The van der Waals surface area contributed by atoms with Gasteiger partial charge >= 0.3 is 5.97 Å². The molecule has 1 aromatic carbocycles. The summed E-state index contributed by atoms with van der Waals surface area (Å²) in [6, 6.07) is 7.48. The minimum absolute atomic E-state index is 0.0263. The maximum Gasteiger partial charge on any atom is 0.359 e. The number of carbonyl (C=O) groups is 2. The molecule has 0 unspecified atom stereocenters. The van der Waals surface area contributed by atoms with Crippen molar-refractivity contribution in [3.63, 3.8) is 0 Å². The van der Waals surface area contributed by atoms with Gasteiger partial charge in [0, 0.05) is 24.4 Å². The fourth-order valence-electron chi connectivity index (χ4n) is 2.40. The van der Waals surface area contributed by atoms with Crippen LogP contribution in [-0.2, 0) is 16.1 Å². The molecule has 1 aliphatic heterocycles. The molecule has 0 atom stereocenters. The van der Waals surface area contributed by atoms with E-state index in [9.17, 15) is 14.4 Å². The Morgan fingerprint density at radius 1 is 1.22 bits per heavy atom. The van der Waals surface area contributed by atoms with Gasteiger partial charge in [0.15, 0.2) is 23.8 Å². The lowest BCUT2D eigenvalue weighted by Crippen LogP contribution is -2.26. The van der Waals surface area contributed by atoms with Crippen molar-refractivity contribution in [1.29, 1.82) is 0 Å². The molecule has 0 bridgehead atoms. The standard InChI is InChI=1S/C18H19N3O6/c1-2-3-8-21-17(23)7-5-13(20-21)18(24)25-10-16(22)19-12-4-6-14-15(9-12)27-11-26-14/h4-7,9H,2-3,8,10-11H2,1H3,(H,19,22). The average molecular weight is 373 g/mol. The fourth-order valence-corrected chi connectivity index (χ4v) is 2.40. The first-order chi connectivity index (χ1) is 13.1. The summed E-state index contributed by atoms with van der Waals surface area (Å²) in [5.74, 6) is -0.158. The van der Waals surface area contributed by atoms with Gasteiger partial charge in [0.2, 0.25) is 6.79 Å². The van der Waals surface area contributed by atoms with Gasteiger partial charge in [0.1, 0.15) is 0 Å². The smallest absolute Gasteiger partial charge is 0.359 e. The molecule has 0 spiro atoms. The molecule has 27 heavy (non-hydrogen) atoms. The SMILES string of the molecule is CCCCn1nc(C(=O)OCC(=O)Nc2ccc3c(c2)OCO3)ccc1=O. The van der Waals surface area contributed by atoms with Gasteiger partial charge in [-0.25, -0.2) is 9.48 Å². The van der Waals surface area contributed by atoms with Crippen LogP contribution in [0.25, 0.3) is 0 Å². The number of aryl methyl sites for hydroxylation is 1. The summed E-state index contributed by atoms with van der Waals surface area (Å²) in [5, 5.41) is 6.58. The van der Waals surface area contributed by atoms with Crippen LogP contribution in [0.15, 0.2) is 35.1 Å². The average Bonchev–Trinajstić information content (AvgIpc) is 3.13. The first-order valence-electron chi connectivity index (χ1n) is 8.51. The molecule has 0 fully saturated rings. The predicted octanol–water partition coefficient (Wildman–Crippen LogP) is 1.57. The highest BCUT2D eigenvalue weighted by Crippen LogP contribution is 2.34. The lowest BCUT2D eigenvalue weighted by atomic mass is 10.3. The monoisotopic (exact) mass is 373 g/mol. The van der Waals surface area contributed by atoms with Gasteiger partial charge in [-0.05, 0) is 24.6 Å². The van der Waals surface area contributed by atoms with Crippen LogP contribution in [0.4, 0.5) is 5.69 Å². The molecule has 1 amide bonds. The highest BCUT2D eigenvalue weighted by Gasteiger charge is 2.16. The van der Waals surface area contributed by atoms with Crippen molar-refractivity contribution in [3.8, 4) is 11.5 Å². The molecule has 142 valence electrons. The van der Waals surface area contributed by atoms with Crippen LogP contribution in [0.3, 0.4) is 0 Å². The second kappa shape index (κ2) is 8.35. The number of unbranched alkanes of at least 4 members (excludes halogenated alkanes) is 1. The molecule has 0 aliphatic carbocycles. The first kappa shape index (κ1) is 18.4. The molecular weight excluding hydrogens is 354 g/mol. The molecular formula is C18H19N3O6. The minimum atomic E-state index is -0.777. The topological polar surface area (TPSA) is 109 Å². The summed E-state index contributed by atoms with van der Waals surface area (Å²) >= 11 is 0. The predicted molar refractivity (Wildman–Crippen MR) is 94.9 cm³/mol. The molecule has 9 heteroatoms. The summed E-state index contributed by atoms with van der Waals surface area (Å²) in [6.07, 6.45) is 1.66. The Labute approximate surface area is 154 Å². The molecule has 0 radical (unpaired) electrons. The maximum atomic E-state index is 12.1. The summed E-state index contributed by atoms with van der Waals surface area (Å²) in [5.41, 5.74) is 0.175. The molecule has 2 aromatic rings. The lowest BCUT2D eigenvalue weighted by Gasteiger charge is -2.08. The Balaban J connectivity index is 1.55. The number of nitrogens with zero attached hydrogens (tertiary/aromatic N) is 2. The third-order valence-electron chi connectivity index (χ3n) is 3.79. The van der Waals surface area contributed by atoms with Crippen LogP contribution in [0.1, 0.15) is 30.3 Å². The Morgan fingerprint density at radius 2 is 2.04 bits per heavy atom. The zero-order valence-electron chi connectivity index (χ0n) is 14.8. The summed E-state index contributed by atoms with van der Waals surface area (Å²) in [7, 11) is 0. The highest BCUT2D eigenvalue weighted by atomic mass is 16.7. The van der Waals surface area contributed by atoms with Crippen molar-refractivity contribution in [2.24, 2.45) is 0 Å². The maximum absolute atomic E-state index is 12.1. The van der Waals surface area contributed by atoms with Crippen LogP contribution in [0.5, 0.6) is 11.5 Å². The zero-order valence-corrected chi connectivity index (χ0v) is 14.8. The number of hydrogen-bond donors (Lipinski definition) is 1. The van der Waals surface area contributed by atoms with E-state index in [4.69, 9.17) is 14.2 Å². The van der Waals surface area contributed by atoms with Crippen molar-refractivity contribution in [2.45, 2.75) is 26.3 Å². The van der Waals surface area contributed by atoms with Crippen molar-refractivity contribution in [1.82, 2.24) is 9.78 Å². The number of amides is 1. The number of hydrogen-bond acceptors (Lipinski definition) is 7. The third-order valence-corrected chi connectivity index (χ3v) is 3.79. The molecule has 9 nitrogen and oxygen atoms in total. The Kier molecular flexibility index (Phi) is 5.70. The number of fused-ring (bicyclic) bond motifs is 1. The molecule has 2 heterocycles. The van der Waals surface area contributed by atoms with Gasteiger partial charge in [0.05, 0.1) is 0 Å². The van der Waals surface area contributed by atoms with Crippen LogP contribution in [0.2, 0.25) is 0 Å².